The molecule has 1 amide bonds. The highest BCUT2D eigenvalue weighted by Gasteiger charge is 2.22. The number of benzene rings is 1. The third-order valence-electron chi connectivity index (χ3n) is 3.79. The van der Waals surface area contributed by atoms with Crippen LogP contribution < -0.4 is 5.32 Å². The van der Waals surface area contributed by atoms with Gasteiger partial charge in [0.15, 0.2) is 10.9 Å². The topological polar surface area (TPSA) is 73.0 Å². The third kappa shape index (κ3) is 4.45. The number of aromatic nitrogens is 3. The van der Waals surface area contributed by atoms with Gasteiger partial charge in [-0.2, -0.15) is 0 Å². The minimum Gasteiger partial charge on any atom is -0.461 e. The summed E-state index contributed by atoms with van der Waals surface area (Å²) in [5, 5.41) is 11.7. The predicted molar refractivity (Wildman–Crippen MR) is 110 cm³/mol. The lowest BCUT2D eigenvalue weighted by Crippen LogP contribution is -2.23. The van der Waals surface area contributed by atoms with Crippen LogP contribution in [0.3, 0.4) is 0 Å². The molecule has 6 nitrogen and oxygen atoms in total. The number of rotatable bonds is 8. The van der Waals surface area contributed by atoms with Crippen LogP contribution >= 0.6 is 23.5 Å². The van der Waals surface area contributed by atoms with Crippen molar-refractivity contribution in [1.82, 2.24) is 14.8 Å². The van der Waals surface area contributed by atoms with E-state index in [4.69, 9.17) is 4.42 Å². The summed E-state index contributed by atoms with van der Waals surface area (Å²) in [6.07, 6.45) is 5.34. The quantitative estimate of drug-likeness (QED) is 0.441. The number of nitrogens with one attached hydrogen (secondary N) is 1. The number of carbonyl (C=O) groups excluding carboxylic acids is 1. The average molecular weight is 401 g/mol. The SMILES string of the molecule is C=CCn1c(SC(C)C(=O)Nc2ccccc2SC)nnc1-c1ccco1. The molecular weight excluding hydrogens is 380 g/mol. The van der Waals surface area contributed by atoms with Crippen LogP contribution in [0.15, 0.2) is 69.8 Å². The Morgan fingerprint density at radius 3 is 2.85 bits per heavy atom. The molecule has 0 radical (unpaired) electrons. The summed E-state index contributed by atoms with van der Waals surface area (Å²) >= 11 is 2.94. The Hall–Kier alpha value is -2.45. The Kier molecular flexibility index (Phi) is 6.41. The fraction of sp³-hybridized carbons (Fsp3) is 0.211. The number of hydrogen-bond donors (Lipinski definition) is 1. The molecule has 1 unspecified atom stereocenters. The van der Waals surface area contributed by atoms with Gasteiger partial charge in [0.25, 0.3) is 0 Å². The van der Waals surface area contributed by atoms with E-state index in [0.29, 0.717) is 23.3 Å². The van der Waals surface area contributed by atoms with Crippen molar-refractivity contribution < 1.29 is 9.21 Å². The molecule has 2 heterocycles. The Morgan fingerprint density at radius 2 is 2.15 bits per heavy atom. The summed E-state index contributed by atoms with van der Waals surface area (Å²) in [5.41, 5.74) is 0.811. The Morgan fingerprint density at radius 1 is 1.33 bits per heavy atom. The van der Waals surface area contributed by atoms with Crippen molar-refractivity contribution in [3.63, 3.8) is 0 Å². The van der Waals surface area contributed by atoms with E-state index in [2.05, 4.69) is 22.1 Å². The van der Waals surface area contributed by atoms with Crippen molar-refractivity contribution in [3.05, 3.63) is 55.3 Å². The molecule has 0 saturated heterocycles. The summed E-state index contributed by atoms with van der Waals surface area (Å²) in [7, 11) is 0. The van der Waals surface area contributed by atoms with Gasteiger partial charge in [0.2, 0.25) is 11.7 Å². The van der Waals surface area contributed by atoms with Crippen LogP contribution in [0.2, 0.25) is 0 Å². The number of hydrogen-bond acceptors (Lipinski definition) is 6. The van der Waals surface area contributed by atoms with Crippen molar-refractivity contribution in [2.75, 3.05) is 11.6 Å². The Labute approximate surface area is 166 Å². The van der Waals surface area contributed by atoms with Crippen molar-refractivity contribution in [1.29, 1.82) is 0 Å². The van der Waals surface area contributed by atoms with E-state index in [1.807, 2.05) is 48.1 Å². The van der Waals surface area contributed by atoms with E-state index in [-0.39, 0.29) is 11.2 Å². The first-order valence-electron chi connectivity index (χ1n) is 8.32. The van der Waals surface area contributed by atoms with Crippen molar-refractivity contribution in [2.45, 2.75) is 28.8 Å². The molecule has 27 heavy (non-hydrogen) atoms. The third-order valence-corrected chi connectivity index (χ3v) is 5.66. The van der Waals surface area contributed by atoms with Gasteiger partial charge >= 0.3 is 0 Å². The molecule has 0 spiro atoms. The predicted octanol–water partition coefficient (Wildman–Crippen LogP) is 4.57. The molecule has 1 aromatic carbocycles. The van der Waals surface area contributed by atoms with Crippen LogP contribution in [-0.2, 0) is 11.3 Å². The molecule has 1 atom stereocenters. The number of allylic oxidation sites excluding steroid dienone is 1. The number of furan rings is 1. The van der Waals surface area contributed by atoms with Gasteiger partial charge in [-0.15, -0.1) is 28.5 Å². The monoisotopic (exact) mass is 400 g/mol. The molecule has 0 saturated carbocycles. The van der Waals surface area contributed by atoms with Crippen LogP contribution in [0.25, 0.3) is 11.6 Å². The van der Waals surface area contributed by atoms with Crippen LogP contribution in [0, 0.1) is 0 Å². The molecular formula is C19H20N4O2S2. The lowest BCUT2D eigenvalue weighted by molar-refractivity contribution is -0.115. The highest BCUT2D eigenvalue weighted by molar-refractivity contribution is 8.00. The number of anilines is 1. The van der Waals surface area contributed by atoms with Gasteiger partial charge in [-0.05, 0) is 37.4 Å². The van der Waals surface area contributed by atoms with E-state index in [9.17, 15) is 4.79 Å². The second-order valence-electron chi connectivity index (χ2n) is 5.63. The van der Waals surface area contributed by atoms with Gasteiger partial charge in [-0.25, -0.2) is 0 Å². The van der Waals surface area contributed by atoms with E-state index in [1.54, 1.807) is 30.2 Å². The van der Waals surface area contributed by atoms with Gasteiger partial charge in [0.05, 0.1) is 17.2 Å². The maximum absolute atomic E-state index is 12.7. The number of amides is 1. The maximum Gasteiger partial charge on any atom is 0.237 e. The second-order valence-corrected chi connectivity index (χ2v) is 7.79. The average Bonchev–Trinajstić information content (AvgIpc) is 3.33. The van der Waals surface area contributed by atoms with Crippen molar-refractivity contribution in [2.24, 2.45) is 0 Å². The molecule has 1 N–H and O–H groups in total. The number of para-hydroxylation sites is 1. The highest BCUT2D eigenvalue weighted by atomic mass is 32.2. The molecule has 3 rings (SSSR count). The van der Waals surface area contributed by atoms with Crippen molar-refractivity contribution >= 4 is 35.1 Å². The van der Waals surface area contributed by atoms with Gasteiger partial charge < -0.3 is 9.73 Å². The lowest BCUT2D eigenvalue weighted by atomic mass is 10.3. The van der Waals surface area contributed by atoms with Crippen LogP contribution in [-0.4, -0.2) is 32.2 Å². The first-order chi connectivity index (χ1) is 13.1. The fourth-order valence-electron chi connectivity index (χ4n) is 2.45. The Bertz CT molecular complexity index is 922. The number of nitrogens with zero attached hydrogens (tertiary/aromatic N) is 3. The smallest absolute Gasteiger partial charge is 0.237 e. The largest absolute Gasteiger partial charge is 0.461 e. The minimum absolute atomic E-state index is 0.0887. The highest BCUT2D eigenvalue weighted by Crippen LogP contribution is 2.29. The summed E-state index contributed by atoms with van der Waals surface area (Å²) in [5.74, 6) is 1.15. The Balaban J connectivity index is 1.76. The first kappa shape index (κ1) is 19.3. The molecule has 3 aromatic rings. The molecule has 0 fully saturated rings. The second kappa shape index (κ2) is 8.96. The zero-order valence-electron chi connectivity index (χ0n) is 15.1. The van der Waals surface area contributed by atoms with Gasteiger partial charge in [0.1, 0.15) is 0 Å². The molecule has 2 aromatic heterocycles. The van der Waals surface area contributed by atoms with E-state index < -0.39 is 0 Å². The van der Waals surface area contributed by atoms with Crippen LogP contribution in [0.4, 0.5) is 5.69 Å². The molecule has 0 bridgehead atoms. The summed E-state index contributed by atoms with van der Waals surface area (Å²) < 4.78 is 7.31. The van der Waals surface area contributed by atoms with Gasteiger partial charge in [0, 0.05) is 11.4 Å². The van der Waals surface area contributed by atoms with E-state index in [1.165, 1.54) is 11.8 Å². The maximum atomic E-state index is 12.7. The number of thioether (sulfide) groups is 2. The first-order valence-corrected chi connectivity index (χ1v) is 10.4. The van der Waals surface area contributed by atoms with Gasteiger partial charge in [-0.3, -0.25) is 9.36 Å². The zero-order chi connectivity index (χ0) is 19.2. The summed E-state index contributed by atoms with van der Waals surface area (Å²) in [6, 6.07) is 11.4. The van der Waals surface area contributed by atoms with Crippen molar-refractivity contribution in [3.8, 4) is 11.6 Å². The summed E-state index contributed by atoms with van der Waals surface area (Å²) in [6.45, 7) is 6.16. The molecule has 0 aliphatic heterocycles. The molecule has 0 aliphatic carbocycles. The molecule has 0 aliphatic rings. The molecule has 140 valence electrons. The normalized spacial score (nSPS) is 11.9. The van der Waals surface area contributed by atoms with Gasteiger partial charge in [-0.1, -0.05) is 30.0 Å². The molecule has 8 heteroatoms. The number of carbonyl (C=O) groups is 1. The standard InChI is InChI=1S/C19H20N4O2S2/c1-4-11-23-17(15-9-7-12-25-15)21-22-19(23)27-13(2)18(24)20-14-8-5-6-10-16(14)26-3/h4-10,12-13H,1,11H2,2-3H3,(H,20,24). The zero-order valence-corrected chi connectivity index (χ0v) is 16.7. The lowest BCUT2D eigenvalue weighted by Gasteiger charge is -2.14. The minimum atomic E-state index is -0.350. The van der Waals surface area contributed by atoms with E-state index in [0.717, 1.165) is 10.6 Å². The summed E-state index contributed by atoms with van der Waals surface area (Å²) in [4.78, 5) is 13.7. The van der Waals surface area contributed by atoms with Crippen LogP contribution in [0.5, 0.6) is 0 Å². The van der Waals surface area contributed by atoms with E-state index >= 15 is 0 Å². The fourth-order valence-corrected chi connectivity index (χ4v) is 3.86. The van der Waals surface area contributed by atoms with Crippen LogP contribution in [0.1, 0.15) is 6.92 Å².